The number of hydrogen-bond acceptors (Lipinski definition) is 2. The molecule has 0 unspecified atom stereocenters. The molecule has 21 heavy (non-hydrogen) atoms. The number of nitrogens with zero attached hydrogens (tertiary/aromatic N) is 1. The lowest BCUT2D eigenvalue weighted by molar-refractivity contribution is 0.261. The minimum Gasteiger partial charge on any atom is -0.497 e. The van der Waals surface area contributed by atoms with E-state index in [1.165, 1.54) is 38.5 Å². The quantitative estimate of drug-likeness (QED) is 0.671. The molecule has 0 saturated heterocycles. The van der Waals surface area contributed by atoms with Crippen LogP contribution >= 0.6 is 0 Å². The fraction of sp³-hybridized carbons (Fsp3) is 0.632. The number of ether oxygens (including phenoxy) is 1. The van der Waals surface area contributed by atoms with Crippen molar-refractivity contribution in [3.63, 3.8) is 0 Å². The average molecular weight is 285 g/mol. The summed E-state index contributed by atoms with van der Waals surface area (Å²) in [5.41, 5.74) is 0.894. The van der Waals surface area contributed by atoms with E-state index >= 15 is 0 Å². The molecule has 1 aromatic rings. The molecule has 2 heteroatoms. The van der Waals surface area contributed by atoms with Crippen molar-refractivity contribution >= 4 is 0 Å². The number of rotatable bonds is 6. The second-order valence-electron chi connectivity index (χ2n) is 6.36. The van der Waals surface area contributed by atoms with E-state index in [9.17, 15) is 5.26 Å². The first-order valence-corrected chi connectivity index (χ1v) is 8.30. The van der Waals surface area contributed by atoms with E-state index in [4.69, 9.17) is 4.74 Å². The van der Waals surface area contributed by atoms with Gasteiger partial charge < -0.3 is 4.74 Å². The summed E-state index contributed by atoms with van der Waals surface area (Å²) in [5, 5.41) is 9.74. The van der Waals surface area contributed by atoms with Crippen LogP contribution in [0.5, 0.6) is 5.75 Å². The zero-order valence-electron chi connectivity index (χ0n) is 13.4. The lowest BCUT2D eigenvalue weighted by atomic mass is 9.67. The lowest BCUT2D eigenvalue weighted by Gasteiger charge is -2.35. The van der Waals surface area contributed by atoms with E-state index in [1.54, 1.807) is 7.11 Å². The SMILES string of the molecule is CCCCCC1CCC(C#N)(c2ccc(OC)cc2)CC1. The van der Waals surface area contributed by atoms with Gasteiger partial charge in [0.25, 0.3) is 0 Å². The summed E-state index contributed by atoms with van der Waals surface area (Å²) >= 11 is 0. The Morgan fingerprint density at radius 2 is 1.86 bits per heavy atom. The molecule has 114 valence electrons. The van der Waals surface area contributed by atoms with Crippen molar-refractivity contribution in [1.82, 2.24) is 0 Å². The van der Waals surface area contributed by atoms with Crippen LogP contribution in [-0.4, -0.2) is 7.11 Å². The van der Waals surface area contributed by atoms with Crippen molar-refractivity contribution in [3.05, 3.63) is 29.8 Å². The van der Waals surface area contributed by atoms with Crippen LogP contribution in [-0.2, 0) is 5.41 Å². The molecule has 1 fully saturated rings. The van der Waals surface area contributed by atoms with E-state index in [2.05, 4.69) is 25.1 Å². The molecule has 1 aliphatic carbocycles. The normalized spacial score (nSPS) is 25.3. The summed E-state index contributed by atoms with van der Waals surface area (Å²) in [4.78, 5) is 0. The third-order valence-corrected chi connectivity index (χ3v) is 5.03. The summed E-state index contributed by atoms with van der Waals surface area (Å²) in [6.07, 6.45) is 9.74. The average Bonchev–Trinajstić information content (AvgIpc) is 2.56. The molecular weight excluding hydrogens is 258 g/mol. The van der Waals surface area contributed by atoms with Crippen molar-refractivity contribution < 1.29 is 4.74 Å². The second-order valence-corrected chi connectivity index (χ2v) is 6.36. The zero-order chi connectivity index (χ0) is 15.1. The molecule has 2 nitrogen and oxygen atoms in total. The van der Waals surface area contributed by atoms with Gasteiger partial charge in [0.05, 0.1) is 18.6 Å². The Balaban J connectivity index is 1.99. The molecule has 0 amide bonds. The van der Waals surface area contributed by atoms with E-state index in [1.807, 2.05) is 12.1 Å². The van der Waals surface area contributed by atoms with Crippen LogP contribution in [0, 0.1) is 17.2 Å². The number of hydrogen-bond donors (Lipinski definition) is 0. The summed E-state index contributed by atoms with van der Waals surface area (Å²) in [5.74, 6) is 1.69. The Morgan fingerprint density at radius 1 is 1.19 bits per heavy atom. The molecule has 0 spiro atoms. The maximum Gasteiger partial charge on any atom is 0.118 e. The van der Waals surface area contributed by atoms with Crippen molar-refractivity contribution in [1.29, 1.82) is 5.26 Å². The van der Waals surface area contributed by atoms with Crippen LogP contribution in [0.1, 0.15) is 63.9 Å². The second kappa shape index (κ2) is 7.50. The molecule has 0 heterocycles. The highest BCUT2D eigenvalue weighted by molar-refractivity contribution is 5.37. The zero-order valence-corrected chi connectivity index (χ0v) is 13.4. The van der Waals surface area contributed by atoms with Crippen molar-refractivity contribution in [2.24, 2.45) is 5.92 Å². The van der Waals surface area contributed by atoms with Gasteiger partial charge in [0.15, 0.2) is 0 Å². The standard InChI is InChI=1S/C19H27NO/c1-3-4-5-6-16-11-13-19(15-20,14-12-16)17-7-9-18(21-2)10-8-17/h7-10,16H,3-6,11-14H2,1-2H3. The molecule has 0 aliphatic heterocycles. The fourth-order valence-corrected chi connectivity index (χ4v) is 3.52. The fourth-order valence-electron chi connectivity index (χ4n) is 3.52. The summed E-state index contributed by atoms with van der Waals surface area (Å²) in [7, 11) is 1.68. The van der Waals surface area contributed by atoms with Crippen LogP contribution < -0.4 is 4.74 Å². The minimum atomic E-state index is -0.270. The van der Waals surface area contributed by atoms with E-state index in [0.29, 0.717) is 0 Å². The van der Waals surface area contributed by atoms with E-state index < -0.39 is 0 Å². The van der Waals surface area contributed by atoms with Crippen LogP contribution in [0.25, 0.3) is 0 Å². The number of nitriles is 1. The maximum absolute atomic E-state index is 9.74. The number of unbranched alkanes of at least 4 members (excludes halogenated alkanes) is 2. The van der Waals surface area contributed by atoms with Crippen molar-refractivity contribution in [2.45, 2.75) is 63.7 Å². The van der Waals surface area contributed by atoms with Gasteiger partial charge in [-0.15, -0.1) is 0 Å². The smallest absolute Gasteiger partial charge is 0.118 e. The first-order valence-electron chi connectivity index (χ1n) is 8.30. The van der Waals surface area contributed by atoms with Gasteiger partial charge in [0, 0.05) is 0 Å². The minimum absolute atomic E-state index is 0.270. The van der Waals surface area contributed by atoms with E-state index in [-0.39, 0.29) is 5.41 Å². The summed E-state index contributed by atoms with van der Waals surface area (Å²) < 4.78 is 5.21. The number of benzene rings is 1. The van der Waals surface area contributed by atoms with Crippen molar-refractivity contribution in [2.75, 3.05) is 7.11 Å². The van der Waals surface area contributed by atoms with Crippen molar-refractivity contribution in [3.8, 4) is 11.8 Å². The van der Waals surface area contributed by atoms with Gasteiger partial charge >= 0.3 is 0 Å². The lowest BCUT2D eigenvalue weighted by Crippen LogP contribution is -2.30. The van der Waals surface area contributed by atoms with Crippen LogP contribution in [0.4, 0.5) is 0 Å². The highest BCUT2D eigenvalue weighted by Gasteiger charge is 2.36. The number of methoxy groups -OCH3 is 1. The molecule has 1 aromatic carbocycles. The van der Waals surface area contributed by atoms with Crippen LogP contribution in [0.3, 0.4) is 0 Å². The topological polar surface area (TPSA) is 33.0 Å². The molecule has 1 saturated carbocycles. The molecule has 0 atom stereocenters. The van der Waals surface area contributed by atoms with Gasteiger partial charge in [-0.1, -0.05) is 44.7 Å². The first kappa shape index (κ1) is 15.9. The molecule has 0 N–H and O–H groups in total. The summed E-state index contributed by atoms with van der Waals surface area (Å²) in [6, 6.07) is 10.7. The predicted molar refractivity (Wildman–Crippen MR) is 86.4 cm³/mol. The van der Waals surface area contributed by atoms with Gasteiger partial charge in [0.2, 0.25) is 0 Å². The summed E-state index contributed by atoms with van der Waals surface area (Å²) in [6.45, 7) is 2.26. The predicted octanol–water partition coefficient (Wildman–Crippen LogP) is 5.23. The Labute approximate surface area is 129 Å². The Hall–Kier alpha value is -1.49. The van der Waals surface area contributed by atoms with Gasteiger partial charge in [0.1, 0.15) is 5.75 Å². The van der Waals surface area contributed by atoms with Gasteiger partial charge in [-0.3, -0.25) is 0 Å². The maximum atomic E-state index is 9.74. The van der Waals surface area contributed by atoms with Gasteiger partial charge in [-0.05, 0) is 49.3 Å². The highest BCUT2D eigenvalue weighted by atomic mass is 16.5. The molecular formula is C19H27NO. The third-order valence-electron chi connectivity index (χ3n) is 5.03. The van der Waals surface area contributed by atoms with Crippen LogP contribution in [0.2, 0.25) is 0 Å². The molecule has 1 aliphatic rings. The Morgan fingerprint density at radius 3 is 2.38 bits per heavy atom. The third kappa shape index (κ3) is 3.79. The monoisotopic (exact) mass is 285 g/mol. The molecule has 0 aromatic heterocycles. The van der Waals surface area contributed by atoms with Gasteiger partial charge in [-0.2, -0.15) is 5.26 Å². The van der Waals surface area contributed by atoms with Gasteiger partial charge in [-0.25, -0.2) is 0 Å². The Bertz CT molecular complexity index is 463. The van der Waals surface area contributed by atoms with E-state index in [0.717, 1.165) is 30.1 Å². The Kier molecular flexibility index (Phi) is 5.67. The highest BCUT2D eigenvalue weighted by Crippen LogP contribution is 2.42. The first-order chi connectivity index (χ1) is 10.2. The largest absolute Gasteiger partial charge is 0.497 e. The molecule has 0 bridgehead atoms. The van der Waals surface area contributed by atoms with Crippen LogP contribution in [0.15, 0.2) is 24.3 Å². The molecule has 2 rings (SSSR count). The molecule has 0 radical (unpaired) electrons.